The predicted molar refractivity (Wildman–Crippen MR) is 71.5 cm³/mol. The highest BCUT2D eigenvalue weighted by Crippen LogP contribution is 2.38. The number of nitrogens with one attached hydrogen (secondary N) is 1. The van der Waals surface area contributed by atoms with E-state index in [4.69, 9.17) is 0 Å². The summed E-state index contributed by atoms with van der Waals surface area (Å²) in [5.41, 5.74) is 1.24. The minimum atomic E-state index is -0.763. The van der Waals surface area contributed by atoms with Gasteiger partial charge in [-0.15, -0.1) is 0 Å². The smallest absolute Gasteiger partial charge is 0.315 e. The van der Waals surface area contributed by atoms with Crippen molar-refractivity contribution >= 4 is 16.7 Å². The van der Waals surface area contributed by atoms with Crippen molar-refractivity contribution < 1.29 is 15.1 Å². The third-order valence-corrected chi connectivity index (χ3v) is 2.93. The Hall–Kier alpha value is -3.09. The molecular formula is C13H9N3O4. The molecule has 3 N–H and O–H groups in total. The highest BCUT2D eigenvalue weighted by Gasteiger charge is 2.20. The number of imidazole rings is 1. The molecule has 0 amide bonds. The molecule has 0 saturated carbocycles. The van der Waals surface area contributed by atoms with Crippen LogP contribution in [0.4, 0.5) is 5.69 Å². The number of fused-ring (bicyclic) bond motifs is 1. The summed E-state index contributed by atoms with van der Waals surface area (Å²) in [7, 11) is 0. The van der Waals surface area contributed by atoms with E-state index < -0.39 is 22.1 Å². The van der Waals surface area contributed by atoms with Crippen LogP contribution >= 0.6 is 0 Å². The maximum atomic E-state index is 10.8. The summed E-state index contributed by atoms with van der Waals surface area (Å²) in [4.78, 5) is 17.4. The summed E-state index contributed by atoms with van der Waals surface area (Å²) in [6.45, 7) is 0. The summed E-state index contributed by atoms with van der Waals surface area (Å²) in [6.07, 6.45) is 0. The van der Waals surface area contributed by atoms with Crippen LogP contribution in [0.5, 0.6) is 11.5 Å². The number of aromatic hydroxyl groups is 2. The lowest BCUT2D eigenvalue weighted by Gasteiger charge is -2.02. The Balaban J connectivity index is 2.21. The molecule has 3 aromatic rings. The van der Waals surface area contributed by atoms with Gasteiger partial charge in [0.05, 0.1) is 16.0 Å². The van der Waals surface area contributed by atoms with Gasteiger partial charge >= 0.3 is 5.69 Å². The predicted octanol–water partition coefficient (Wildman–Crippen LogP) is 2.55. The fraction of sp³-hybridized carbons (Fsp3) is 0. The molecule has 0 saturated heterocycles. The van der Waals surface area contributed by atoms with Gasteiger partial charge in [0, 0.05) is 11.6 Å². The fourth-order valence-corrected chi connectivity index (χ4v) is 1.97. The van der Waals surface area contributed by atoms with Gasteiger partial charge in [0.25, 0.3) is 0 Å². The van der Waals surface area contributed by atoms with Crippen LogP contribution in [0.1, 0.15) is 0 Å². The zero-order chi connectivity index (χ0) is 14.3. The lowest BCUT2D eigenvalue weighted by molar-refractivity contribution is -0.385. The first kappa shape index (κ1) is 12.0. The van der Waals surface area contributed by atoms with Crippen molar-refractivity contribution in [2.45, 2.75) is 0 Å². The molecule has 0 unspecified atom stereocenters. The number of hydrogen-bond donors (Lipinski definition) is 3. The maximum absolute atomic E-state index is 10.8. The molecule has 0 radical (unpaired) electrons. The van der Waals surface area contributed by atoms with E-state index >= 15 is 0 Å². The van der Waals surface area contributed by atoms with Crippen LogP contribution in [0.2, 0.25) is 0 Å². The minimum absolute atomic E-state index is 0.322. The van der Waals surface area contributed by atoms with E-state index in [2.05, 4.69) is 9.97 Å². The number of para-hydroxylation sites is 2. The van der Waals surface area contributed by atoms with E-state index in [1.807, 2.05) is 18.2 Å². The maximum Gasteiger partial charge on any atom is 0.315 e. The zero-order valence-electron chi connectivity index (χ0n) is 10.1. The second-order valence-corrected chi connectivity index (χ2v) is 4.22. The highest BCUT2D eigenvalue weighted by atomic mass is 16.6. The van der Waals surface area contributed by atoms with Crippen LogP contribution in [0.3, 0.4) is 0 Å². The number of phenolic OH excluding ortho intramolecular Hbond substituents is 2. The lowest BCUT2D eigenvalue weighted by Crippen LogP contribution is -1.91. The Labute approximate surface area is 112 Å². The Kier molecular flexibility index (Phi) is 2.53. The molecule has 1 heterocycles. The number of hydrogen-bond acceptors (Lipinski definition) is 5. The number of nitro groups is 1. The molecule has 0 atom stereocenters. The van der Waals surface area contributed by atoms with Crippen LogP contribution in [-0.4, -0.2) is 25.1 Å². The monoisotopic (exact) mass is 271 g/mol. The van der Waals surface area contributed by atoms with Crippen LogP contribution in [-0.2, 0) is 0 Å². The van der Waals surface area contributed by atoms with Gasteiger partial charge in [-0.05, 0) is 18.2 Å². The molecule has 0 aliphatic carbocycles. The topological polar surface area (TPSA) is 112 Å². The van der Waals surface area contributed by atoms with Gasteiger partial charge < -0.3 is 15.2 Å². The minimum Gasteiger partial charge on any atom is -0.504 e. The third kappa shape index (κ3) is 1.81. The number of phenols is 2. The van der Waals surface area contributed by atoms with Crippen LogP contribution in [0.15, 0.2) is 36.4 Å². The van der Waals surface area contributed by atoms with Gasteiger partial charge in [-0.1, -0.05) is 12.1 Å². The summed E-state index contributed by atoms with van der Waals surface area (Å²) >= 11 is 0. The summed E-state index contributed by atoms with van der Waals surface area (Å²) in [5.74, 6) is -0.936. The van der Waals surface area contributed by atoms with Crippen LogP contribution in [0.25, 0.3) is 22.4 Å². The van der Waals surface area contributed by atoms with Crippen molar-refractivity contribution in [2.75, 3.05) is 0 Å². The average Bonchev–Trinajstić information content (AvgIpc) is 2.85. The van der Waals surface area contributed by atoms with Crippen molar-refractivity contribution in [3.63, 3.8) is 0 Å². The van der Waals surface area contributed by atoms with Gasteiger partial charge in [0.15, 0.2) is 5.75 Å². The van der Waals surface area contributed by atoms with Crippen molar-refractivity contribution in [3.05, 3.63) is 46.5 Å². The standard InChI is InChI=1S/C13H9N3O4/c17-11-6-7(5-10(12(11)18)16(19)20)13-14-8-3-1-2-4-9(8)15-13/h1-6,17-18H,(H,14,15). The molecule has 0 aliphatic heterocycles. The quantitative estimate of drug-likeness (QED) is 0.376. The van der Waals surface area contributed by atoms with Crippen molar-refractivity contribution in [3.8, 4) is 22.9 Å². The number of aromatic nitrogens is 2. The van der Waals surface area contributed by atoms with Gasteiger partial charge in [0.2, 0.25) is 5.75 Å². The van der Waals surface area contributed by atoms with Crippen molar-refractivity contribution in [2.24, 2.45) is 0 Å². The normalized spacial score (nSPS) is 10.8. The second kappa shape index (κ2) is 4.23. The van der Waals surface area contributed by atoms with Gasteiger partial charge in [0.1, 0.15) is 5.82 Å². The Morgan fingerprint density at radius 1 is 1.20 bits per heavy atom. The van der Waals surface area contributed by atoms with Crippen LogP contribution in [0, 0.1) is 10.1 Å². The lowest BCUT2D eigenvalue weighted by atomic mass is 10.1. The second-order valence-electron chi connectivity index (χ2n) is 4.22. The number of H-pyrrole nitrogens is 1. The van der Waals surface area contributed by atoms with E-state index in [0.717, 1.165) is 11.6 Å². The number of benzene rings is 2. The molecule has 100 valence electrons. The summed E-state index contributed by atoms with van der Waals surface area (Å²) < 4.78 is 0. The van der Waals surface area contributed by atoms with E-state index in [-0.39, 0.29) is 0 Å². The van der Waals surface area contributed by atoms with E-state index in [0.29, 0.717) is 16.9 Å². The number of nitrogens with zero attached hydrogens (tertiary/aromatic N) is 2. The molecular weight excluding hydrogens is 262 g/mol. The Bertz CT molecular complexity index is 793. The third-order valence-electron chi connectivity index (χ3n) is 2.93. The average molecular weight is 271 g/mol. The van der Waals surface area contributed by atoms with E-state index in [1.165, 1.54) is 6.07 Å². The fourth-order valence-electron chi connectivity index (χ4n) is 1.97. The first-order valence-corrected chi connectivity index (χ1v) is 5.72. The Morgan fingerprint density at radius 3 is 2.65 bits per heavy atom. The molecule has 0 aliphatic rings. The van der Waals surface area contributed by atoms with E-state index in [1.54, 1.807) is 6.07 Å². The molecule has 1 aromatic heterocycles. The molecule has 3 rings (SSSR count). The SMILES string of the molecule is O=[N+]([O-])c1cc(-c2nc3ccccc3[nH]2)cc(O)c1O. The molecule has 2 aromatic carbocycles. The largest absolute Gasteiger partial charge is 0.504 e. The first-order valence-electron chi connectivity index (χ1n) is 5.72. The summed E-state index contributed by atoms with van der Waals surface area (Å²) in [5, 5.41) is 29.9. The molecule has 0 fully saturated rings. The summed E-state index contributed by atoms with van der Waals surface area (Å²) in [6, 6.07) is 9.65. The number of nitro benzene ring substituents is 1. The van der Waals surface area contributed by atoms with Crippen LogP contribution < -0.4 is 0 Å². The van der Waals surface area contributed by atoms with Gasteiger partial charge in [-0.3, -0.25) is 10.1 Å². The van der Waals surface area contributed by atoms with Gasteiger partial charge in [-0.2, -0.15) is 0 Å². The molecule has 7 heteroatoms. The highest BCUT2D eigenvalue weighted by molar-refractivity contribution is 5.80. The number of rotatable bonds is 2. The van der Waals surface area contributed by atoms with Crippen molar-refractivity contribution in [1.29, 1.82) is 0 Å². The Morgan fingerprint density at radius 2 is 1.95 bits per heavy atom. The van der Waals surface area contributed by atoms with E-state index in [9.17, 15) is 20.3 Å². The first-order chi connectivity index (χ1) is 9.56. The van der Waals surface area contributed by atoms with Gasteiger partial charge in [-0.25, -0.2) is 4.98 Å². The van der Waals surface area contributed by atoms with Crippen molar-refractivity contribution in [1.82, 2.24) is 9.97 Å². The molecule has 0 bridgehead atoms. The molecule has 7 nitrogen and oxygen atoms in total. The molecule has 20 heavy (non-hydrogen) atoms. The zero-order valence-corrected chi connectivity index (χ0v) is 10.1. The number of aromatic amines is 1. The molecule has 0 spiro atoms.